The minimum atomic E-state index is -0.444. The van der Waals surface area contributed by atoms with Crippen LogP contribution < -0.4 is 0 Å². The quantitative estimate of drug-likeness (QED) is 0.873. The van der Waals surface area contributed by atoms with E-state index in [-0.39, 0.29) is 0 Å². The molecule has 3 rings (SSSR count). The molecular weight excluding hydrogens is 234 g/mol. The molecule has 0 aromatic carbocycles. The van der Waals surface area contributed by atoms with Crippen molar-refractivity contribution in [3.05, 3.63) is 11.6 Å². The first-order chi connectivity index (χ1) is 8.33. The van der Waals surface area contributed by atoms with Crippen LogP contribution in [0.15, 0.2) is 0 Å². The van der Waals surface area contributed by atoms with Crippen molar-refractivity contribution in [2.45, 2.75) is 44.8 Å². The molecule has 2 aliphatic rings. The molecule has 0 aliphatic carbocycles. The maximum absolute atomic E-state index is 9.84. The molecule has 2 unspecified atom stereocenters. The highest BCUT2D eigenvalue weighted by Crippen LogP contribution is 2.26. The Bertz CT molecular complexity index is 387. The summed E-state index contributed by atoms with van der Waals surface area (Å²) in [6.45, 7) is 0. The Morgan fingerprint density at radius 1 is 1.35 bits per heavy atom. The van der Waals surface area contributed by atoms with Crippen LogP contribution in [0.5, 0.6) is 0 Å². The largest absolute Gasteiger partial charge is 0.372 e. The number of hydrogen-bond acceptors (Lipinski definition) is 4. The van der Waals surface area contributed by atoms with Crippen LogP contribution in [0.25, 0.3) is 0 Å². The third-order valence-electron chi connectivity index (χ3n) is 3.62. The van der Waals surface area contributed by atoms with Gasteiger partial charge in [0.05, 0.1) is 0 Å². The van der Waals surface area contributed by atoms with Gasteiger partial charge in [-0.05, 0) is 43.1 Å². The number of fused-ring (bicyclic) bond motifs is 1. The van der Waals surface area contributed by atoms with Crippen molar-refractivity contribution in [2.24, 2.45) is 5.92 Å². The lowest BCUT2D eigenvalue weighted by Crippen LogP contribution is -2.18. The van der Waals surface area contributed by atoms with Crippen LogP contribution in [0, 0.1) is 5.92 Å². The van der Waals surface area contributed by atoms with Crippen LogP contribution in [-0.4, -0.2) is 31.4 Å². The Morgan fingerprint density at radius 2 is 2.29 bits per heavy atom. The molecule has 1 aromatic heterocycles. The van der Waals surface area contributed by atoms with Crippen LogP contribution >= 0.6 is 11.8 Å². The molecule has 0 radical (unpaired) electrons. The van der Waals surface area contributed by atoms with E-state index in [2.05, 4.69) is 10.1 Å². The van der Waals surface area contributed by atoms with E-state index in [1.165, 1.54) is 24.3 Å². The molecule has 5 heteroatoms. The van der Waals surface area contributed by atoms with Crippen molar-refractivity contribution in [1.82, 2.24) is 14.8 Å². The highest BCUT2D eigenvalue weighted by Gasteiger charge is 2.23. The standard InChI is InChI=1S/C12H19N3OS/c16-12-5-1-4-11-13-10(14-15(11)12)7-9-3-2-6-17-8-9/h9,12,16H,1-8H2. The third-order valence-corrected chi connectivity index (χ3v) is 4.90. The Hall–Kier alpha value is -0.550. The van der Waals surface area contributed by atoms with E-state index in [9.17, 15) is 5.11 Å². The fourth-order valence-corrected chi connectivity index (χ4v) is 3.85. The fraction of sp³-hybridized carbons (Fsp3) is 0.833. The Kier molecular flexibility index (Phi) is 3.38. The highest BCUT2D eigenvalue weighted by atomic mass is 32.2. The van der Waals surface area contributed by atoms with E-state index in [4.69, 9.17) is 0 Å². The van der Waals surface area contributed by atoms with Crippen molar-refractivity contribution in [3.63, 3.8) is 0 Å². The van der Waals surface area contributed by atoms with Crippen molar-refractivity contribution in [3.8, 4) is 0 Å². The zero-order chi connectivity index (χ0) is 11.7. The van der Waals surface area contributed by atoms with Crippen LogP contribution in [0.4, 0.5) is 0 Å². The van der Waals surface area contributed by atoms with Gasteiger partial charge >= 0.3 is 0 Å². The molecule has 2 aliphatic heterocycles. The van der Waals surface area contributed by atoms with Gasteiger partial charge in [0.25, 0.3) is 0 Å². The normalized spacial score (nSPS) is 29.0. The van der Waals surface area contributed by atoms with Crippen molar-refractivity contribution in [1.29, 1.82) is 0 Å². The van der Waals surface area contributed by atoms with Gasteiger partial charge in [-0.3, -0.25) is 0 Å². The lowest BCUT2D eigenvalue weighted by atomic mass is 10.0. The van der Waals surface area contributed by atoms with Gasteiger partial charge in [-0.15, -0.1) is 0 Å². The second-order valence-electron chi connectivity index (χ2n) is 5.05. The molecule has 1 N–H and O–H groups in total. The topological polar surface area (TPSA) is 50.9 Å². The number of aliphatic hydroxyl groups is 1. The first-order valence-corrected chi connectivity index (χ1v) is 7.68. The molecule has 0 bridgehead atoms. The number of aryl methyl sites for hydroxylation is 1. The number of hydrogen-bond donors (Lipinski definition) is 1. The van der Waals surface area contributed by atoms with Crippen LogP contribution in [-0.2, 0) is 12.8 Å². The predicted molar refractivity (Wildman–Crippen MR) is 68.0 cm³/mol. The van der Waals surface area contributed by atoms with Gasteiger partial charge in [0.15, 0.2) is 5.82 Å². The van der Waals surface area contributed by atoms with Gasteiger partial charge in [-0.1, -0.05) is 0 Å². The maximum atomic E-state index is 9.84. The second-order valence-corrected chi connectivity index (χ2v) is 6.20. The summed E-state index contributed by atoms with van der Waals surface area (Å²) in [4.78, 5) is 4.58. The molecule has 94 valence electrons. The molecular formula is C12H19N3OS. The minimum Gasteiger partial charge on any atom is -0.372 e. The summed E-state index contributed by atoms with van der Waals surface area (Å²) in [5.41, 5.74) is 0. The third kappa shape index (κ3) is 2.50. The van der Waals surface area contributed by atoms with Crippen LogP contribution in [0.3, 0.4) is 0 Å². The molecule has 4 nitrogen and oxygen atoms in total. The molecule has 2 atom stereocenters. The summed E-state index contributed by atoms with van der Waals surface area (Å²) in [6.07, 6.45) is 5.97. The van der Waals surface area contributed by atoms with Gasteiger partial charge in [-0.25, -0.2) is 9.67 Å². The van der Waals surface area contributed by atoms with E-state index in [0.717, 1.165) is 43.3 Å². The zero-order valence-corrected chi connectivity index (χ0v) is 10.8. The summed E-state index contributed by atoms with van der Waals surface area (Å²) < 4.78 is 1.73. The fourth-order valence-electron chi connectivity index (χ4n) is 2.69. The summed E-state index contributed by atoms with van der Waals surface area (Å²) in [6, 6.07) is 0. The molecule has 1 saturated heterocycles. The lowest BCUT2D eigenvalue weighted by Gasteiger charge is -2.19. The predicted octanol–water partition coefficient (Wildman–Crippen LogP) is 1.79. The van der Waals surface area contributed by atoms with E-state index < -0.39 is 6.23 Å². The van der Waals surface area contributed by atoms with E-state index in [1.807, 2.05) is 11.8 Å². The summed E-state index contributed by atoms with van der Waals surface area (Å²) in [5.74, 6) is 5.19. The Labute approximate surface area is 106 Å². The first-order valence-electron chi connectivity index (χ1n) is 6.53. The van der Waals surface area contributed by atoms with E-state index >= 15 is 0 Å². The van der Waals surface area contributed by atoms with Gasteiger partial charge in [-0.2, -0.15) is 16.9 Å². The second kappa shape index (κ2) is 4.98. The Balaban J connectivity index is 1.71. The average Bonchev–Trinajstić information content (AvgIpc) is 2.74. The minimum absolute atomic E-state index is 0.444. The molecule has 1 fully saturated rings. The van der Waals surface area contributed by atoms with Crippen LogP contribution in [0.1, 0.15) is 43.6 Å². The van der Waals surface area contributed by atoms with Crippen molar-refractivity contribution < 1.29 is 5.11 Å². The summed E-state index contributed by atoms with van der Waals surface area (Å²) >= 11 is 2.05. The number of thioether (sulfide) groups is 1. The average molecular weight is 253 g/mol. The zero-order valence-electron chi connectivity index (χ0n) is 10.0. The lowest BCUT2D eigenvalue weighted by molar-refractivity contribution is 0.0643. The van der Waals surface area contributed by atoms with E-state index in [1.54, 1.807) is 4.68 Å². The molecule has 3 heterocycles. The number of nitrogens with zero attached hydrogens (tertiary/aromatic N) is 3. The van der Waals surface area contributed by atoms with Gasteiger partial charge in [0, 0.05) is 12.8 Å². The summed E-state index contributed by atoms with van der Waals surface area (Å²) in [7, 11) is 0. The van der Waals surface area contributed by atoms with Crippen molar-refractivity contribution in [2.75, 3.05) is 11.5 Å². The van der Waals surface area contributed by atoms with Crippen molar-refractivity contribution >= 4 is 11.8 Å². The number of rotatable bonds is 2. The Morgan fingerprint density at radius 3 is 3.06 bits per heavy atom. The molecule has 0 spiro atoms. The SMILES string of the molecule is OC1CCCc2nc(CC3CCCSC3)nn21. The summed E-state index contributed by atoms with van der Waals surface area (Å²) in [5, 5.41) is 14.3. The molecule has 0 saturated carbocycles. The van der Waals surface area contributed by atoms with Gasteiger partial charge in [0.2, 0.25) is 0 Å². The van der Waals surface area contributed by atoms with Crippen LogP contribution in [0.2, 0.25) is 0 Å². The molecule has 17 heavy (non-hydrogen) atoms. The van der Waals surface area contributed by atoms with Gasteiger partial charge in [0.1, 0.15) is 12.1 Å². The number of aliphatic hydroxyl groups excluding tert-OH is 1. The molecule has 0 amide bonds. The molecule has 1 aromatic rings. The highest BCUT2D eigenvalue weighted by molar-refractivity contribution is 7.99. The number of aromatic nitrogens is 3. The first kappa shape index (κ1) is 11.5. The maximum Gasteiger partial charge on any atom is 0.151 e. The van der Waals surface area contributed by atoms with Gasteiger partial charge < -0.3 is 5.11 Å². The smallest absolute Gasteiger partial charge is 0.151 e. The van der Waals surface area contributed by atoms with E-state index in [0.29, 0.717) is 0 Å². The monoisotopic (exact) mass is 253 g/mol.